The summed E-state index contributed by atoms with van der Waals surface area (Å²) in [5.74, 6) is 0.542. The standard InChI is InChI=1S/C16H9N5O/c22-15-10-9-17-16-18-11-5-1-2-6-12(11)21(16)14(10)19-13-7-3-4-8-20(13)15/h1-9H. The second kappa shape index (κ2) is 3.88. The monoisotopic (exact) mass is 287 g/mol. The van der Waals surface area contributed by atoms with Crippen LogP contribution in [0, 0.1) is 0 Å². The number of imidazole rings is 1. The third-order valence-corrected chi connectivity index (χ3v) is 3.81. The smallest absolute Gasteiger partial charge is 0.268 e. The van der Waals surface area contributed by atoms with E-state index in [1.165, 1.54) is 4.40 Å². The van der Waals surface area contributed by atoms with Gasteiger partial charge in [-0.05, 0) is 24.3 Å². The molecular weight excluding hydrogens is 278 g/mol. The summed E-state index contributed by atoms with van der Waals surface area (Å²) in [5, 5.41) is 0.472. The van der Waals surface area contributed by atoms with E-state index >= 15 is 0 Å². The van der Waals surface area contributed by atoms with Gasteiger partial charge in [0.15, 0.2) is 5.65 Å². The zero-order valence-corrected chi connectivity index (χ0v) is 11.3. The van der Waals surface area contributed by atoms with Crippen LogP contribution in [0.4, 0.5) is 0 Å². The van der Waals surface area contributed by atoms with E-state index in [1.54, 1.807) is 18.5 Å². The Morgan fingerprint density at radius 3 is 2.77 bits per heavy atom. The first-order chi connectivity index (χ1) is 10.8. The van der Waals surface area contributed by atoms with Crippen molar-refractivity contribution in [1.29, 1.82) is 0 Å². The number of fused-ring (bicyclic) bond motifs is 6. The third-order valence-electron chi connectivity index (χ3n) is 3.81. The molecule has 0 aliphatic heterocycles. The van der Waals surface area contributed by atoms with Crippen LogP contribution in [0.25, 0.3) is 33.5 Å². The summed E-state index contributed by atoms with van der Waals surface area (Å²) in [6, 6.07) is 13.2. The third kappa shape index (κ3) is 1.33. The molecule has 0 fully saturated rings. The van der Waals surface area contributed by atoms with Crippen molar-refractivity contribution in [3.8, 4) is 0 Å². The lowest BCUT2D eigenvalue weighted by molar-refractivity contribution is 1.05. The summed E-state index contributed by atoms with van der Waals surface area (Å²) in [7, 11) is 0. The number of rotatable bonds is 0. The lowest BCUT2D eigenvalue weighted by Gasteiger charge is -2.04. The van der Waals surface area contributed by atoms with E-state index in [2.05, 4.69) is 15.0 Å². The first-order valence-corrected chi connectivity index (χ1v) is 6.86. The fourth-order valence-electron chi connectivity index (χ4n) is 2.81. The van der Waals surface area contributed by atoms with Gasteiger partial charge in [0.1, 0.15) is 11.0 Å². The lowest BCUT2D eigenvalue weighted by Crippen LogP contribution is -2.16. The minimum absolute atomic E-state index is 0.132. The maximum Gasteiger partial charge on any atom is 0.268 e. The van der Waals surface area contributed by atoms with Crippen molar-refractivity contribution in [2.45, 2.75) is 0 Å². The highest BCUT2D eigenvalue weighted by Gasteiger charge is 2.13. The van der Waals surface area contributed by atoms with E-state index < -0.39 is 0 Å². The van der Waals surface area contributed by atoms with Crippen molar-refractivity contribution < 1.29 is 0 Å². The minimum Gasteiger partial charge on any atom is -0.268 e. The van der Waals surface area contributed by atoms with Crippen molar-refractivity contribution >= 4 is 33.5 Å². The maximum absolute atomic E-state index is 12.6. The molecule has 0 N–H and O–H groups in total. The van der Waals surface area contributed by atoms with Gasteiger partial charge in [-0.3, -0.25) is 13.6 Å². The van der Waals surface area contributed by atoms with Crippen molar-refractivity contribution in [2.24, 2.45) is 0 Å². The van der Waals surface area contributed by atoms with Crippen LogP contribution in [-0.2, 0) is 0 Å². The number of para-hydroxylation sites is 2. The van der Waals surface area contributed by atoms with Crippen molar-refractivity contribution in [2.75, 3.05) is 0 Å². The Kier molecular flexibility index (Phi) is 2.01. The second-order valence-electron chi connectivity index (χ2n) is 5.08. The molecule has 0 aliphatic rings. The van der Waals surface area contributed by atoms with E-state index in [0.717, 1.165) is 11.0 Å². The number of benzene rings is 1. The molecule has 0 atom stereocenters. The van der Waals surface area contributed by atoms with Crippen LogP contribution in [0.5, 0.6) is 0 Å². The van der Waals surface area contributed by atoms with E-state index in [-0.39, 0.29) is 5.56 Å². The highest BCUT2D eigenvalue weighted by molar-refractivity contribution is 5.87. The van der Waals surface area contributed by atoms with E-state index in [0.29, 0.717) is 22.5 Å². The van der Waals surface area contributed by atoms with Gasteiger partial charge < -0.3 is 0 Å². The van der Waals surface area contributed by atoms with E-state index in [4.69, 9.17) is 0 Å². The first-order valence-electron chi connectivity index (χ1n) is 6.86. The summed E-state index contributed by atoms with van der Waals surface area (Å²) in [4.78, 5) is 26.1. The Hall–Kier alpha value is -3.28. The molecule has 5 rings (SSSR count). The summed E-state index contributed by atoms with van der Waals surface area (Å²) in [6.45, 7) is 0. The molecule has 0 amide bonds. The molecule has 1 aromatic carbocycles. The van der Waals surface area contributed by atoms with Crippen LogP contribution in [0.3, 0.4) is 0 Å². The molecule has 6 heteroatoms. The predicted molar refractivity (Wildman–Crippen MR) is 83.0 cm³/mol. The number of hydrogen-bond donors (Lipinski definition) is 0. The summed E-state index contributed by atoms with van der Waals surface area (Å²) < 4.78 is 3.36. The number of nitrogens with zero attached hydrogens (tertiary/aromatic N) is 5. The van der Waals surface area contributed by atoms with Gasteiger partial charge in [0.2, 0.25) is 5.78 Å². The van der Waals surface area contributed by atoms with Gasteiger partial charge in [0, 0.05) is 12.4 Å². The molecule has 0 saturated carbocycles. The summed E-state index contributed by atoms with van der Waals surface area (Å²) >= 11 is 0. The average Bonchev–Trinajstić information content (AvgIpc) is 2.94. The number of hydrogen-bond acceptors (Lipinski definition) is 4. The van der Waals surface area contributed by atoms with Gasteiger partial charge in [-0.25, -0.2) is 15.0 Å². The van der Waals surface area contributed by atoms with Crippen LogP contribution in [0.1, 0.15) is 0 Å². The normalized spacial score (nSPS) is 11.8. The van der Waals surface area contributed by atoms with Crippen LogP contribution in [0.2, 0.25) is 0 Å². The Morgan fingerprint density at radius 2 is 1.82 bits per heavy atom. The molecule has 0 unspecified atom stereocenters. The molecular formula is C16H9N5O. The van der Waals surface area contributed by atoms with Gasteiger partial charge >= 0.3 is 0 Å². The molecule has 0 bridgehead atoms. The highest BCUT2D eigenvalue weighted by Crippen LogP contribution is 2.19. The SMILES string of the molecule is O=c1c2cnc3nc4ccccc4n3c2nc2ccccn12. The average molecular weight is 287 g/mol. The van der Waals surface area contributed by atoms with Gasteiger partial charge in [0.25, 0.3) is 5.56 Å². The van der Waals surface area contributed by atoms with Gasteiger partial charge in [-0.1, -0.05) is 18.2 Å². The van der Waals surface area contributed by atoms with Crippen LogP contribution in [-0.4, -0.2) is 23.8 Å². The molecule has 0 saturated heterocycles. The molecule has 5 aromatic rings. The largest absolute Gasteiger partial charge is 0.268 e. The Labute approximate surface area is 123 Å². The first kappa shape index (κ1) is 11.4. The molecule has 104 valence electrons. The predicted octanol–water partition coefficient (Wildman–Crippen LogP) is 2.04. The highest BCUT2D eigenvalue weighted by atomic mass is 16.1. The number of aromatic nitrogens is 5. The van der Waals surface area contributed by atoms with Gasteiger partial charge in [-0.2, -0.15) is 0 Å². The van der Waals surface area contributed by atoms with Crippen molar-refractivity contribution in [1.82, 2.24) is 23.8 Å². The molecule has 4 aromatic heterocycles. The number of pyridine rings is 1. The molecule has 4 heterocycles. The van der Waals surface area contributed by atoms with Crippen LogP contribution < -0.4 is 5.56 Å². The molecule has 22 heavy (non-hydrogen) atoms. The Morgan fingerprint density at radius 1 is 0.955 bits per heavy atom. The van der Waals surface area contributed by atoms with Crippen LogP contribution >= 0.6 is 0 Å². The van der Waals surface area contributed by atoms with E-state index in [1.807, 2.05) is 40.8 Å². The second-order valence-corrected chi connectivity index (χ2v) is 5.08. The van der Waals surface area contributed by atoms with Crippen molar-refractivity contribution in [3.63, 3.8) is 0 Å². The quantitative estimate of drug-likeness (QED) is 0.409. The van der Waals surface area contributed by atoms with Gasteiger partial charge in [-0.15, -0.1) is 0 Å². The molecule has 6 nitrogen and oxygen atoms in total. The Bertz CT molecular complexity index is 1250. The van der Waals surface area contributed by atoms with Crippen molar-refractivity contribution in [3.05, 3.63) is 65.2 Å². The molecule has 0 spiro atoms. The minimum atomic E-state index is -0.132. The van der Waals surface area contributed by atoms with Crippen LogP contribution in [0.15, 0.2) is 59.7 Å². The van der Waals surface area contributed by atoms with Gasteiger partial charge in [0.05, 0.1) is 11.0 Å². The zero-order valence-electron chi connectivity index (χ0n) is 11.3. The molecule has 0 aliphatic carbocycles. The van der Waals surface area contributed by atoms with E-state index in [9.17, 15) is 4.79 Å². The topological polar surface area (TPSA) is 64.6 Å². The fraction of sp³-hybridized carbons (Fsp3) is 0. The lowest BCUT2D eigenvalue weighted by atomic mass is 10.3. The summed E-state index contributed by atoms with van der Waals surface area (Å²) in [5.41, 5.74) is 2.77. The zero-order chi connectivity index (χ0) is 14.7. The fourth-order valence-corrected chi connectivity index (χ4v) is 2.81. The Balaban J connectivity index is 2.15. The summed E-state index contributed by atoms with van der Waals surface area (Å²) in [6.07, 6.45) is 3.26. The molecule has 0 radical (unpaired) electrons. The maximum atomic E-state index is 12.6.